The summed E-state index contributed by atoms with van der Waals surface area (Å²) in [5.74, 6) is 0.610. The number of benzene rings is 1. The molecule has 0 unspecified atom stereocenters. The quantitative estimate of drug-likeness (QED) is 0.788. The molecular formula is C13H12N2O2. The number of aromatic nitrogens is 1. The monoisotopic (exact) mass is 228 g/mol. The summed E-state index contributed by atoms with van der Waals surface area (Å²) in [5, 5.41) is 9.72. The molecule has 0 fully saturated rings. The van der Waals surface area contributed by atoms with Gasteiger partial charge in [-0.3, -0.25) is 9.36 Å². The Labute approximate surface area is 98.7 Å². The van der Waals surface area contributed by atoms with E-state index in [0.717, 1.165) is 10.9 Å². The number of nitriles is 1. The Bertz CT molecular complexity index is 665. The average Bonchev–Trinajstić information content (AvgIpc) is 2.33. The van der Waals surface area contributed by atoms with Crippen molar-refractivity contribution in [2.24, 2.45) is 0 Å². The van der Waals surface area contributed by atoms with Gasteiger partial charge in [-0.05, 0) is 18.6 Å². The number of rotatable bonds is 2. The molecule has 0 atom stereocenters. The SMILES string of the molecule is COc1cccc2c(C)cc(=O)n(CC#N)c12. The van der Waals surface area contributed by atoms with Crippen LogP contribution in [0.1, 0.15) is 5.56 Å². The first kappa shape index (κ1) is 11.2. The largest absolute Gasteiger partial charge is 0.495 e. The van der Waals surface area contributed by atoms with Gasteiger partial charge in [-0.1, -0.05) is 12.1 Å². The van der Waals surface area contributed by atoms with Crippen LogP contribution in [0.15, 0.2) is 29.1 Å². The molecule has 0 aliphatic rings. The molecule has 0 bridgehead atoms. The number of nitrogens with zero attached hydrogens (tertiary/aromatic N) is 2. The van der Waals surface area contributed by atoms with Gasteiger partial charge >= 0.3 is 0 Å². The molecule has 86 valence electrons. The average molecular weight is 228 g/mol. The van der Waals surface area contributed by atoms with Crippen LogP contribution < -0.4 is 10.3 Å². The van der Waals surface area contributed by atoms with Crippen LogP contribution in [0, 0.1) is 18.3 Å². The summed E-state index contributed by atoms with van der Waals surface area (Å²) >= 11 is 0. The lowest BCUT2D eigenvalue weighted by Gasteiger charge is -2.12. The van der Waals surface area contributed by atoms with Crippen LogP contribution in [-0.4, -0.2) is 11.7 Å². The van der Waals surface area contributed by atoms with Crippen LogP contribution >= 0.6 is 0 Å². The topological polar surface area (TPSA) is 55.0 Å². The second-order valence-electron chi connectivity index (χ2n) is 3.77. The van der Waals surface area contributed by atoms with Gasteiger partial charge in [0.05, 0.1) is 18.7 Å². The number of hydrogen-bond acceptors (Lipinski definition) is 3. The van der Waals surface area contributed by atoms with Crippen LogP contribution in [0.25, 0.3) is 10.9 Å². The van der Waals surface area contributed by atoms with Crippen molar-refractivity contribution >= 4 is 10.9 Å². The van der Waals surface area contributed by atoms with Gasteiger partial charge in [0, 0.05) is 11.5 Å². The fraction of sp³-hybridized carbons (Fsp3) is 0.231. The van der Waals surface area contributed by atoms with E-state index in [0.29, 0.717) is 11.3 Å². The molecular weight excluding hydrogens is 216 g/mol. The Morgan fingerprint density at radius 2 is 2.24 bits per heavy atom. The molecule has 0 aliphatic heterocycles. The number of aryl methyl sites for hydroxylation is 1. The van der Waals surface area contributed by atoms with Crippen LogP contribution in [0.4, 0.5) is 0 Å². The standard InChI is InChI=1S/C13H12N2O2/c1-9-8-12(16)15(7-6-14)13-10(9)4-3-5-11(13)17-2/h3-5,8H,7H2,1-2H3. The summed E-state index contributed by atoms with van der Waals surface area (Å²) in [4.78, 5) is 11.9. The number of para-hydroxylation sites is 1. The molecule has 4 heteroatoms. The van der Waals surface area contributed by atoms with Crippen molar-refractivity contribution in [3.8, 4) is 11.8 Å². The van der Waals surface area contributed by atoms with Crippen molar-refractivity contribution in [2.45, 2.75) is 13.5 Å². The first-order valence-electron chi connectivity index (χ1n) is 5.23. The molecule has 0 radical (unpaired) electrons. The zero-order valence-electron chi connectivity index (χ0n) is 9.73. The van der Waals surface area contributed by atoms with Crippen molar-refractivity contribution in [3.05, 3.63) is 40.2 Å². The van der Waals surface area contributed by atoms with Gasteiger partial charge in [-0.2, -0.15) is 5.26 Å². The van der Waals surface area contributed by atoms with E-state index in [4.69, 9.17) is 10.00 Å². The zero-order valence-corrected chi connectivity index (χ0v) is 9.73. The molecule has 17 heavy (non-hydrogen) atoms. The van der Waals surface area contributed by atoms with Crippen molar-refractivity contribution in [1.82, 2.24) is 4.57 Å². The molecule has 1 heterocycles. The number of methoxy groups -OCH3 is 1. The fourth-order valence-corrected chi connectivity index (χ4v) is 1.96. The Morgan fingerprint density at radius 1 is 1.47 bits per heavy atom. The molecule has 2 rings (SSSR count). The van der Waals surface area contributed by atoms with Gasteiger partial charge < -0.3 is 4.74 Å². The highest BCUT2D eigenvalue weighted by Crippen LogP contribution is 2.26. The van der Waals surface area contributed by atoms with E-state index in [1.54, 1.807) is 19.2 Å². The number of hydrogen-bond donors (Lipinski definition) is 0. The van der Waals surface area contributed by atoms with E-state index >= 15 is 0 Å². The second-order valence-corrected chi connectivity index (χ2v) is 3.77. The molecule has 0 amide bonds. The Morgan fingerprint density at radius 3 is 2.88 bits per heavy atom. The summed E-state index contributed by atoms with van der Waals surface area (Å²) in [5.41, 5.74) is 1.39. The first-order valence-corrected chi connectivity index (χ1v) is 5.23. The lowest BCUT2D eigenvalue weighted by Crippen LogP contribution is -2.20. The Hall–Kier alpha value is -2.28. The first-order chi connectivity index (χ1) is 8.19. The predicted octanol–water partition coefficient (Wildman–Crippen LogP) is 1.84. The van der Waals surface area contributed by atoms with Gasteiger partial charge in [0.1, 0.15) is 12.3 Å². The lowest BCUT2D eigenvalue weighted by molar-refractivity contribution is 0.417. The Kier molecular flexibility index (Phi) is 2.84. The zero-order chi connectivity index (χ0) is 12.4. The number of fused-ring (bicyclic) bond motifs is 1. The molecule has 1 aromatic heterocycles. The summed E-state index contributed by atoms with van der Waals surface area (Å²) in [6.07, 6.45) is 0. The van der Waals surface area contributed by atoms with Crippen molar-refractivity contribution in [1.29, 1.82) is 5.26 Å². The van der Waals surface area contributed by atoms with Crippen LogP contribution in [0.5, 0.6) is 5.75 Å². The third-order valence-electron chi connectivity index (χ3n) is 2.75. The minimum atomic E-state index is -0.180. The number of pyridine rings is 1. The molecule has 0 spiro atoms. The normalized spacial score (nSPS) is 10.2. The number of ether oxygens (including phenoxy) is 1. The molecule has 0 aliphatic carbocycles. The molecule has 2 aromatic rings. The van der Waals surface area contributed by atoms with E-state index in [1.807, 2.05) is 25.1 Å². The van der Waals surface area contributed by atoms with Crippen LogP contribution in [-0.2, 0) is 6.54 Å². The van der Waals surface area contributed by atoms with Crippen LogP contribution in [0.3, 0.4) is 0 Å². The third kappa shape index (κ3) is 1.76. The maximum atomic E-state index is 11.9. The van der Waals surface area contributed by atoms with Crippen LogP contribution in [0.2, 0.25) is 0 Å². The minimum absolute atomic E-state index is 0.0238. The fourth-order valence-electron chi connectivity index (χ4n) is 1.96. The van der Waals surface area contributed by atoms with Crippen molar-refractivity contribution < 1.29 is 4.74 Å². The molecule has 0 N–H and O–H groups in total. The second kappa shape index (κ2) is 4.30. The molecule has 1 aromatic carbocycles. The molecule has 0 saturated carbocycles. The Balaban J connectivity index is 2.97. The maximum Gasteiger partial charge on any atom is 0.252 e. The smallest absolute Gasteiger partial charge is 0.252 e. The molecule has 0 saturated heterocycles. The van der Waals surface area contributed by atoms with Gasteiger partial charge in [-0.15, -0.1) is 0 Å². The highest BCUT2D eigenvalue weighted by molar-refractivity contribution is 5.87. The maximum absolute atomic E-state index is 11.9. The lowest BCUT2D eigenvalue weighted by atomic mass is 10.1. The van der Waals surface area contributed by atoms with E-state index in [-0.39, 0.29) is 12.1 Å². The highest BCUT2D eigenvalue weighted by atomic mass is 16.5. The van der Waals surface area contributed by atoms with E-state index in [1.165, 1.54) is 4.57 Å². The summed E-state index contributed by atoms with van der Waals surface area (Å²) in [7, 11) is 1.55. The third-order valence-corrected chi connectivity index (χ3v) is 2.75. The predicted molar refractivity (Wildman–Crippen MR) is 65.1 cm³/mol. The van der Waals surface area contributed by atoms with Crippen molar-refractivity contribution in [3.63, 3.8) is 0 Å². The van der Waals surface area contributed by atoms with Gasteiger partial charge in [0.2, 0.25) is 0 Å². The summed E-state index contributed by atoms with van der Waals surface area (Å²) in [6.45, 7) is 1.90. The minimum Gasteiger partial charge on any atom is -0.495 e. The van der Waals surface area contributed by atoms with Gasteiger partial charge in [0.15, 0.2) is 0 Å². The van der Waals surface area contributed by atoms with E-state index in [9.17, 15) is 4.79 Å². The summed E-state index contributed by atoms with van der Waals surface area (Å²) in [6, 6.07) is 9.11. The summed E-state index contributed by atoms with van der Waals surface area (Å²) < 4.78 is 6.69. The van der Waals surface area contributed by atoms with Gasteiger partial charge in [-0.25, -0.2) is 0 Å². The van der Waals surface area contributed by atoms with E-state index in [2.05, 4.69) is 0 Å². The van der Waals surface area contributed by atoms with Crippen molar-refractivity contribution in [2.75, 3.05) is 7.11 Å². The molecule has 4 nitrogen and oxygen atoms in total. The highest BCUT2D eigenvalue weighted by Gasteiger charge is 2.10. The van der Waals surface area contributed by atoms with E-state index < -0.39 is 0 Å². The van der Waals surface area contributed by atoms with Gasteiger partial charge in [0.25, 0.3) is 5.56 Å².